The number of hydrogen-bond acceptors (Lipinski definition) is 5. The average molecular weight is 632 g/mol. The van der Waals surface area contributed by atoms with Gasteiger partial charge in [-0.15, -0.1) is 0 Å². The summed E-state index contributed by atoms with van der Waals surface area (Å²) in [6, 6.07) is 14.4. The first-order valence-corrected chi connectivity index (χ1v) is 13.4. The summed E-state index contributed by atoms with van der Waals surface area (Å²) in [5.74, 6) is -4.22. The highest BCUT2D eigenvalue weighted by molar-refractivity contribution is 5.92. The standard InChI is InChI=1S/C24H29N5O.2C2HF3O2/c1-3-28-16-17-29-21(19-8-5-4-6-9-19)18-25-23(29)24(28)11-14-27(15-12-24)22(30)20-10-7-13-26(20)2;2*3-2(4,5)1(6)7/h4-10,13,18H,3,11-12,14-17H2,1-2H3;2*(H,6,7). The molecule has 4 heterocycles. The maximum atomic E-state index is 13.0. The number of aliphatic carboxylic acids is 2. The Bertz CT molecular complexity index is 1420. The number of halogens is 6. The Hall–Kier alpha value is -4.34. The lowest BCUT2D eigenvalue weighted by molar-refractivity contribution is -0.193. The van der Waals surface area contributed by atoms with Gasteiger partial charge in [0.1, 0.15) is 11.5 Å². The normalized spacial score (nSPS) is 16.2. The van der Waals surface area contributed by atoms with Crippen LogP contribution in [-0.2, 0) is 28.7 Å². The molecule has 2 aromatic heterocycles. The molecule has 1 spiro atoms. The van der Waals surface area contributed by atoms with Crippen molar-refractivity contribution in [1.29, 1.82) is 0 Å². The van der Waals surface area contributed by atoms with E-state index in [0.29, 0.717) is 0 Å². The molecule has 16 heteroatoms. The topological polar surface area (TPSA) is 121 Å². The maximum absolute atomic E-state index is 13.0. The van der Waals surface area contributed by atoms with E-state index >= 15 is 0 Å². The van der Waals surface area contributed by atoms with E-state index in [4.69, 9.17) is 24.8 Å². The Morgan fingerprint density at radius 2 is 1.41 bits per heavy atom. The van der Waals surface area contributed by atoms with Gasteiger partial charge in [0.25, 0.3) is 5.91 Å². The van der Waals surface area contributed by atoms with E-state index in [1.807, 2.05) is 41.0 Å². The van der Waals surface area contributed by atoms with E-state index in [9.17, 15) is 31.1 Å². The summed E-state index contributed by atoms with van der Waals surface area (Å²) in [7, 11) is 1.93. The fourth-order valence-electron chi connectivity index (χ4n) is 5.31. The fraction of sp³-hybridized carbons (Fsp3) is 0.429. The molecule has 0 bridgehead atoms. The van der Waals surface area contributed by atoms with Crippen LogP contribution in [0.1, 0.15) is 36.1 Å². The van der Waals surface area contributed by atoms with Gasteiger partial charge in [-0.25, -0.2) is 14.6 Å². The van der Waals surface area contributed by atoms with E-state index in [-0.39, 0.29) is 11.4 Å². The van der Waals surface area contributed by atoms with Crippen molar-refractivity contribution in [2.24, 2.45) is 7.05 Å². The Kier molecular flexibility index (Phi) is 10.5. The van der Waals surface area contributed by atoms with Crippen LogP contribution in [0, 0.1) is 0 Å². The molecule has 1 fully saturated rings. The van der Waals surface area contributed by atoms with Crippen LogP contribution in [0.2, 0.25) is 0 Å². The minimum absolute atomic E-state index is 0.0922. The second-order valence-corrected chi connectivity index (χ2v) is 10.00. The van der Waals surface area contributed by atoms with Crippen molar-refractivity contribution >= 4 is 17.8 Å². The summed E-state index contributed by atoms with van der Waals surface area (Å²) in [5.41, 5.74) is 3.08. The van der Waals surface area contributed by atoms with Crippen LogP contribution in [-0.4, -0.2) is 90.5 Å². The van der Waals surface area contributed by atoms with Crippen LogP contribution < -0.4 is 0 Å². The molecule has 1 aromatic carbocycles. The van der Waals surface area contributed by atoms with Crippen LogP contribution in [0.15, 0.2) is 54.9 Å². The zero-order valence-corrected chi connectivity index (χ0v) is 23.8. The quantitative estimate of drug-likeness (QED) is 0.405. The van der Waals surface area contributed by atoms with Gasteiger partial charge in [0.05, 0.1) is 17.4 Å². The Balaban J connectivity index is 0.000000317. The van der Waals surface area contributed by atoms with Crippen LogP contribution in [0.5, 0.6) is 0 Å². The first kappa shape index (κ1) is 34.2. The van der Waals surface area contributed by atoms with Crippen molar-refractivity contribution in [2.75, 3.05) is 26.2 Å². The van der Waals surface area contributed by atoms with Crippen LogP contribution in [0.25, 0.3) is 11.3 Å². The molecule has 1 amide bonds. The third-order valence-electron chi connectivity index (χ3n) is 7.45. The van der Waals surface area contributed by atoms with Gasteiger partial charge in [0, 0.05) is 39.4 Å². The molecule has 0 radical (unpaired) electrons. The highest BCUT2D eigenvalue weighted by Crippen LogP contribution is 2.42. The van der Waals surface area contributed by atoms with Crippen molar-refractivity contribution < 1.29 is 50.9 Å². The monoisotopic (exact) mass is 631 g/mol. The number of hydrogen-bond donors (Lipinski definition) is 2. The Morgan fingerprint density at radius 3 is 1.86 bits per heavy atom. The van der Waals surface area contributed by atoms with Gasteiger partial charge in [-0.3, -0.25) is 9.69 Å². The van der Waals surface area contributed by atoms with Crippen molar-refractivity contribution in [2.45, 2.75) is 44.2 Å². The third-order valence-corrected chi connectivity index (χ3v) is 7.45. The molecular weight excluding hydrogens is 600 g/mol. The predicted octanol–water partition coefficient (Wildman–Crippen LogP) is 4.62. The van der Waals surface area contributed by atoms with Crippen molar-refractivity contribution in [3.63, 3.8) is 0 Å². The van der Waals surface area contributed by atoms with Crippen LogP contribution in [0.3, 0.4) is 0 Å². The van der Waals surface area contributed by atoms with Gasteiger partial charge >= 0.3 is 24.3 Å². The van der Waals surface area contributed by atoms with Gasteiger partial charge in [-0.05, 0) is 37.1 Å². The van der Waals surface area contributed by atoms with E-state index < -0.39 is 24.3 Å². The van der Waals surface area contributed by atoms with E-state index in [1.165, 1.54) is 17.1 Å². The molecule has 3 aromatic rings. The number of alkyl halides is 6. The van der Waals surface area contributed by atoms with Crippen LogP contribution >= 0.6 is 0 Å². The summed E-state index contributed by atoms with van der Waals surface area (Å²) < 4.78 is 67.8. The maximum Gasteiger partial charge on any atom is 0.490 e. The second-order valence-electron chi connectivity index (χ2n) is 10.00. The van der Waals surface area contributed by atoms with E-state index in [2.05, 4.69) is 46.7 Å². The zero-order valence-electron chi connectivity index (χ0n) is 23.8. The van der Waals surface area contributed by atoms with Gasteiger partial charge in [0.15, 0.2) is 0 Å². The summed E-state index contributed by atoms with van der Waals surface area (Å²) in [4.78, 5) is 40.3. The van der Waals surface area contributed by atoms with Crippen molar-refractivity contribution in [3.8, 4) is 11.3 Å². The van der Waals surface area contributed by atoms with Crippen LogP contribution in [0.4, 0.5) is 26.3 Å². The number of likely N-dealkylation sites (N-methyl/N-ethyl adjacent to an activating group) is 1. The molecule has 1 saturated heterocycles. The van der Waals surface area contributed by atoms with Gasteiger partial charge in [0.2, 0.25) is 0 Å². The predicted molar refractivity (Wildman–Crippen MR) is 145 cm³/mol. The summed E-state index contributed by atoms with van der Waals surface area (Å²) in [5, 5.41) is 14.2. The number of amides is 1. The minimum Gasteiger partial charge on any atom is -0.475 e. The first-order valence-electron chi connectivity index (χ1n) is 13.4. The fourth-order valence-corrected chi connectivity index (χ4v) is 5.31. The van der Waals surface area contributed by atoms with E-state index in [0.717, 1.165) is 51.3 Å². The Labute approximate surface area is 248 Å². The molecule has 0 atom stereocenters. The largest absolute Gasteiger partial charge is 0.490 e. The van der Waals surface area contributed by atoms with Gasteiger partial charge in [-0.2, -0.15) is 26.3 Å². The van der Waals surface area contributed by atoms with Gasteiger partial charge < -0.3 is 24.2 Å². The lowest BCUT2D eigenvalue weighted by Crippen LogP contribution is -2.58. The molecule has 44 heavy (non-hydrogen) atoms. The number of piperidine rings is 1. The average Bonchev–Trinajstić information content (AvgIpc) is 3.60. The molecule has 0 saturated carbocycles. The minimum atomic E-state index is -5.08. The number of aryl methyl sites for hydroxylation is 1. The van der Waals surface area contributed by atoms with Gasteiger partial charge in [-0.1, -0.05) is 37.3 Å². The second kappa shape index (κ2) is 13.5. The number of carboxylic acids is 2. The summed E-state index contributed by atoms with van der Waals surface area (Å²) in [6.07, 6.45) is -4.36. The molecule has 240 valence electrons. The first-order chi connectivity index (χ1) is 20.5. The highest BCUT2D eigenvalue weighted by atomic mass is 19.4. The number of aromatic nitrogens is 3. The molecule has 5 rings (SSSR count). The molecule has 10 nitrogen and oxygen atoms in total. The number of carboxylic acid groups (broad SMARTS) is 2. The number of rotatable bonds is 3. The lowest BCUT2D eigenvalue weighted by atomic mass is 9.83. The number of carbonyl (C=O) groups excluding carboxylic acids is 1. The summed E-state index contributed by atoms with van der Waals surface area (Å²) >= 11 is 0. The summed E-state index contributed by atoms with van der Waals surface area (Å²) in [6.45, 7) is 6.73. The number of likely N-dealkylation sites (tertiary alicyclic amines) is 1. The Morgan fingerprint density at radius 1 is 0.864 bits per heavy atom. The molecule has 2 aliphatic rings. The molecule has 2 N–H and O–H groups in total. The SMILES string of the molecule is CCN1CCn2c(-c3ccccc3)cnc2C12CCN(C(=O)c1cccn1C)CC2.O=C(O)C(F)(F)F.O=C(O)C(F)(F)F. The number of nitrogens with zero attached hydrogens (tertiary/aromatic N) is 5. The number of imidazole rings is 1. The van der Waals surface area contributed by atoms with Crippen molar-refractivity contribution in [3.05, 3.63) is 66.4 Å². The number of carbonyl (C=O) groups is 3. The smallest absolute Gasteiger partial charge is 0.475 e. The highest BCUT2D eigenvalue weighted by Gasteiger charge is 2.47. The number of fused-ring (bicyclic) bond motifs is 2. The zero-order chi connectivity index (χ0) is 32.9. The van der Waals surface area contributed by atoms with Crippen molar-refractivity contribution in [1.82, 2.24) is 23.9 Å². The third kappa shape index (κ3) is 7.59. The van der Waals surface area contributed by atoms with E-state index in [1.54, 1.807) is 0 Å². The lowest BCUT2D eigenvalue weighted by Gasteiger charge is -2.50. The molecule has 0 aliphatic carbocycles. The molecular formula is C28H31F6N5O5. The molecule has 2 aliphatic heterocycles. The molecule has 0 unspecified atom stereocenters. The number of benzene rings is 1.